The van der Waals surface area contributed by atoms with Gasteiger partial charge in [0.2, 0.25) is 0 Å². The summed E-state index contributed by atoms with van der Waals surface area (Å²) in [7, 11) is 2.99. The summed E-state index contributed by atoms with van der Waals surface area (Å²) in [5, 5.41) is 7.28. The Morgan fingerprint density at radius 3 is 2.58 bits per heavy atom. The minimum Gasteiger partial charge on any atom is -0.495 e. The molecule has 24 heavy (non-hydrogen) atoms. The third-order valence-electron chi connectivity index (χ3n) is 4.16. The van der Waals surface area contributed by atoms with Crippen LogP contribution in [0.5, 0.6) is 11.5 Å². The topological polar surface area (TPSA) is 59.6 Å². The van der Waals surface area contributed by atoms with E-state index in [9.17, 15) is 4.79 Å². The molecule has 1 atom stereocenters. The van der Waals surface area contributed by atoms with Gasteiger partial charge in [-0.15, -0.1) is 0 Å². The van der Waals surface area contributed by atoms with Crippen molar-refractivity contribution in [3.05, 3.63) is 32.9 Å². The van der Waals surface area contributed by atoms with Crippen LogP contribution in [-0.2, 0) is 4.79 Å². The van der Waals surface area contributed by atoms with Crippen LogP contribution in [-0.4, -0.2) is 25.1 Å². The summed E-state index contributed by atoms with van der Waals surface area (Å²) in [6.07, 6.45) is 2.09. The summed E-state index contributed by atoms with van der Waals surface area (Å²) in [6.45, 7) is 0. The molecule has 1 heterocycles. The van der Waals surface area contributed by atoms with E-state index in [1.54, 1.807) is 6.07 Å². The van der Waals surface area contributed by atoms with Gasteiger partial charge in [-0.2, -0.15) is 0 Å². The summed E-state index contributed by atoms with van der Waals surface area (Å²) < 4.78 is 10.7. The summed E-state index contributed by atoms with van der Waals surface area (Å²) >= 11 is 17.9. The molecule has 1 aliphatic carbocycles. The Hall–Kier alpha value is -1.50. The van der Waals surface area contributed by atoms with E-state index in [-0.39, 0.29) is 10.8 Å². The number of hydrogen-bond donors (Lipinski definition) is 2. The first-order valence-electron chi connectivity index (χ1n) is 7.41. The maximum absolute atomic E-state index is 12.5. The molecule has 2 aliphatic rings. The van der Waals surface area contributed by atoms with Crippen LogP contribution in [0.2, 0.25) is 10.0 Å². The van der Waals surface area contributed by atoms with Crippen molar-refractivity contribution in [3.8, 4) is 11.5 Å². The lowest BCUT2D eigenvalue weighted by molar-refractivity contribution is -0.116. The zero-order valence-corrected chi connectivity index (χ0v) is 15.5. The van der Waals surface area contributed by atoms with Crippen molar-refractivity contribution in [2.45, 2.75) is 25.3 Å². The van der Waals surface area contributed by atoms with Gasteiger partial charge in [0, 0.05) is 23.3 Å². The average molecular weight is 387 g/mol. The zero-order valence-electron chi connectivity index (χ0n) is 13.2. The van der Waals surface area contributed by atoms with E-state index in [1.165, 1.54) is 14.2 Å². The number of nitrogens with one attached hydrogen (secondary N) is 2. The fourth-order valence-electron chi connectivity index (χ4n) is 3.15. The predicted molar refractivity (Wildman–Crippen MR) is 97.1 cm³/mol. The van der Waals surface area contributed by atoms with Gasteiger partial charge in [-0.05, 0) is 31.1 Å². The van der Waals surface area contributed by atoms with Gasteiger partial charge in [0.1, 0.15) is 10.8 Å². The molecule has 1 aromatic rings. The molecule has 0 radical (unpaired) electrons. The smallest absolute Gasteiger partial charge is 0.171 e. The number of carbonyl (C=O) groups excluding carboxylic acids is 1. The van der Waals surface area contributed by atoms with Gasteiger partial charge < -0.3 is 20.1 Å². The molecule has 2 N–H and O–H groups in total. The van der Waals surface area contributed by atoms with Crippen molar-refractivity contribution in [1.29, 1.82) is 0 Å². The minimum absolute atomic E-state index is 0.0777. The van der Waals surface area contributed by atoms with Gasteiger partial charge in [0.25, 0.3) is 0 Å². The van der Waals surface area contributed by atoms with Crippen LogP contribution in [0.15, 0.2) is 17.3 Å². The van der Waals surface area contributed by atoms with Crippen LogP contribution in [0, 0.1) is 0 Å². The molecular weight excluding hydrogens is 371 g/mol. The molecule has 0 saturated carbocycles. The van der Waals surface area contributed by atoms with Gasteiger partial charge in [-0.25, -0.2) is 0 Å². The van der Waals surface area contributed by atoms with Crippen molar-refractivity contribution >= 4 is 46.3 Å². The third kappa shape index (κ3) is 2.83. The number of methoxy groups -OCH3 is 2. The monoisotopic (exact) mass is 386 g/mol. The zero-order chi connectivity index (χ0) is 17.4. The lowest BCUT2D eigenvalue weighted by atomic mass is 9.85. The van der Waals surface area contributed by atoms with Crippen LogP contribution in [0.4, 0.5) is 0 Å². The van der Waals surface area contributed by atoms with Gasteiger partial charge in [-0.1, -0.05) is 23.2 Å². The van der Waals surface area contributed by atoms with Crippen molar-refractivity contribution in [2.24, 2.45) is 0 Å². The maximum Gasteiger partial charge on any atom is 0.171 e. The van der Waals surface area contributed by atoms with E-state index in [0.717, 1.165) is 18.5 Å². The van der Waals surface area contributed by atoms with Crippen molar-refractivity contribution < 1.29 is 14.3 Å². The second-order valence-electron chi connectivity index (χ2n) is 5.53. The van der Waals surface area contributed by atoms with E-state index in [1.807, 2.05) is 0 Å². The molecule has 0 aromatic heterocycles. The molecule has 8 heteroatoms. The average Bonchev–Trinajstić information content (AvgIpc) is 2.54. The van der Waals surface area contributed by atoms with E-state index < -0.39 is 6.04 Å². The molecule has 5 nitrogen and oxygen atoms in total. The second-order valence-corrected chi connectivity index (χ2v) is 6.72. The lowest BCUT2D eigenvalue weighted by Gasteiger charge is -2.34. The molecule has 0 bridgehead atoms. The molecule has 0 fully saturated rings. The SMILES string of the molecule is COc1c(Cl)cc(C2NC(=S)NC3=C2C(=O)CCC3)c(OC)c1Cl. The normalized spacial score (nSPS) is 20.2. The van der Waals surface area contributed by atoms with Gasteiger partial charge in [0.15, 0.2) is 16.6 Å². The highest BCUT2D eigenvalue weighted by Crippen LogP contribution is 2.47. The summed E-state index contributed by atoms with van der Waals surface area (Å²) in [4.78, 5) is 12.5. The van der Waals surface area contributed by atoms with E-state index in [0.29, 0.717) is 39.2 Å². The number of rotatable bonds is 3. The number of ketones is 1. The summed E-state index contributed by atoms with van der Waals surface area (Å²) in [5.74, 6) is 0.818. The Bertz CT molecular complexity index is 764. The second kappa shape index (κ2) is 6.78. The Morgan fingerprint density at radius 1 is 1.21 bits per heavy atom. The van der Waals surface area contributed by atoms with Gasteiger partial charge >= 0.3 is 0 Å². The van der Waals surface area contributed by atoms with Crippen molar-refractivity contribution in [1.82, 2.24) is 10.6 Å². The first-order chi connectivity index (χ1) is 11.5. The number of halogens is 2. The van der Waals surface area contributed by atoms with Crippen LogP contribution < -0.4 is 20.1 Å². The molecule has 3 rings (SSSR count). The number of ether oxygens (including phenoxy) is 2. The van der Waals surface area contributed by atoms with Crippen LogP contribution in [0.25, 0.3) is 0 Å². The lowest BCUT2D eigenvalue weighted by Crippen LogP contribution is -2.46. The predicted octanol–water partition coefficient (Wildman–Crippen LogP) is 3.54. The highest BCUT2D eigenvalue weighted by atomic mass is 35.5. The highest BCUT2D eigenvalue weighted by molar-refractivity contribution is 7.80. The largest absolute Gasteiger partial charge is 0.495 e. The molecule has 1 unspecified atom stereocenters. The Labute approximate surface area is 155 Å². The van der Waals surface area contributed by atoms with E-state index >= 15 is 0 Å². The molecule has 0 spiro atoms. The standard InChI is InChI=1S/C16H16Cl2N2O3S/c1-22-14-7(6-8(17)15(23-2)12(14)18)13-11-9(19-16(24)20-13)4-3-5-10(11)21/h6,13H,3-5H2,1-2H3,(H2,19,20,24). The Morgan fingerprint density at radius 2 is 1.92 bits per heavy atom. The van der Waals surface area contributed by atoms with Crippen molar-refractivity contribution in [2.75, 3.05) is 14.2 Å². The Balaban J connectivity index is 2.20. The summed E-state index contributed by atoms with van der Waals surface area (Å²) in [6, 6.07) is 1.24. The van der Waals surface area contributed by atoms with E-state index in [2.05, 4.69) is 10.6 Å². The molecular formula is C16H16Cl2N2O3S. The van der Waals surface area contributed by atoms with Crippen LogP contribution in [0.3, 0.4) is 0 Å². The number of allylic oxidation sites excluding steroid dienone is 1. The fraction of sp³-hybridized carbons (Fsp3) is 0.375. The molecule has 0 saturated heterocycles. The number of thiocarbonyl (C=S) groups is 1. The number of Topliss-reactive ketones (excluding diaryl/α,β-unsaturated/α-hetero) is 1. The number of hydrogen-bond acceptors (Lipinski definition) is 4. The maximum atomic E-state index is 12.5. The van der Waals surface area contributed by atoms with Crippen LogP contribution in [0.1, 0.15) is 30.9 Å². The van der Waals surface area contributed by atoms with Crippen LogP contribution >= 0.6 is 35.4 Å². The van der Waals surface area contributed by atoms with Crippen molar-refractivity contribution in [3.63, 3.8) is 0 Å². The fourth-order valence-corrected chi connectivity index (χ4v) is 4.09. The Kier molecular flexibility index (Phi) is 4.90. The van der Waals surface area contributed by atoms with Gasteiger partial charge in [-0.3, -0.25) is 4.79 Å². The molecule has 128 valence electrons. The molecule has 0 amide bonds. The summed E-state index contributed by atoms with van der Waals surface area (Å²) in [5.41, 5.74) is 2.16. The number of benzene rings is 1. The highest BCUT2D eigenvalue weighted by Gasteiger charge is 2.36. The quantitative estimate of drug-likeness (QED) is 0.774. The van der Waals surface area contributed by atoms with E-state index in [4.69, 9.17) is 44.9 Å². The minimum atomic E-state index is -0.461. The molecule has 1 aromatic carbocycles. The first-order valence-corrected chi connectivity index (χ1v) is 8.58. The number of carbonyl (C=O) groups is 1. The first kappa shape index (κ1) is 17.3. The third-order valence-corrected chi connectivity index (χ3v) is 5.01. The van der Waals surface area contributed by atoms with Gasteiger partial charge in [0.05, 0.1) is 25.3 Å². The molecule has 1 aliphatic heterocycles.